The summed E-state index contributed by atoms with van der Waals surface area (Å²) < 4.78 is 26.4. The van der Waals surface area contributed by atoms with Gasteiger partial charge in [-0.2, -0.15) is 5.10 Å². The molecule has 0 aliphatic heterocycles. The summed E-state index contributed by atoms with van der Waals surface area (Å²) in [5.41, 5.74) is 0.388. The lowest BCUT2D eigenvalue weighted by Gasteiger charge is -2.01. The molecule has 2 aromatic rings. The van der Waals surface area contributed by atoms with Crippen molar-refractivity contribution in [2.75, 3.05) is 4.72 Å². The fourth-order valence-corrected chi connectivity index (χ4v) is 3.47. The lowest BCUT2D eigenvalue weighted by atomic mass is 10.6. The summed E-state index contributed by atoms with van der Waals surface area (Å²) in [7, 11) is -3.54. The third-order valence-electron chi connectivity index (χ3n) is 1.56. The number of halogens is 1. The summed E-state index contributed by atoms with van der Waals surface area (Å²) in [6, 6.07) is 2.99. The number of thiophene rings is 1. The molecule has 0 aliphatic carbocycles. The van der Waals surface area contributed by atoms with E-state index in [1.165, 1.54) is 24.5 Å². The fourth-order valence-electron chi connectivity index (χ4n) is 0.954. The average molecular weight is 264 g/mol. The highest BCUT2D eigenvalue weighted by atomic mass is 35.5. The van der Waals surface area contributed by atoms with Crippen LogP contribution in [0.4, 0.5) is 5.69 Å². The molecule has 2 N–H and O–H groups in total. The first-order chi connectivity index (χ1) is 7.08. The maximum Gasteiger partial charge on any atom is 0.271 e. The number of hydrogen-bond donors (Lipinski definition) is 2. The summed E-state index contributed by atoms with van der Waals surface area (Å²) in [4.78, 5) is 0. The SMILES string of the molecule is O=S(=O)(Nc1cn[nH]c1)c1ccc(Cl)s1. The summed E-state index contributed by atoms with van der Waals surface area (Å²) in [5.74, 6) is 0. The summed E-state index contributed by atoms with van der Waals surface area (Å²) in [6.45, 7) is 0. The number of hydrogen-bond acceptors (Lipinski definition) is 4. The maximum absolute atomic E-state index is 11.7. The van der Waals surface area contributed by atoms with Crippen molar-refractivity contribution in [1.29, 1.82) is 0 Å². The zero-order chi connectivity index (χ0) is 10.9. The molecule has 15 heavy (non-hydrogen) atoms. The largest absolute Gasteiger partial charge is 0.284 e. The highest BCUT2D eigenvalue weighted by Gasteiger charge is 2.16. The standard InChI is InChI=1S/C7H6ClN3O2S2/c8-6-1-2-7(14-6)15(12,13)11-5-3-9-10-4-5/h1-4,11H,(H,9,10). The van der Waals surface area contributed by atoms with Crippen molar-refractivity contribution in [3.8, 4) is 0 Å². The van der Waals surface area contributed by atoms with Gasteiger partial charge in [0.05, 0.1) is 16.2 Å². The molecule has 0 aromatic carbocycles. The van der Waals surface area contributed by atoms with Gasteiger partial charge in [0.1, 0.15) is 4.21 Å². The van der Waals surface area contributed by atoms with E-state index in [2.05, 4.69) is 14.9 Å². The Hall–Kier alpha value is -1.05. The normalized spacial score (nSPS) is 11.5. The fraction of sp³-hybridized carbons (Fsp3) is 0. The van der Waals surface area contributed by atoms with E-state index in [9.17, 15) is 8.42 Å². The summed E-state index contributed by atoms with van der Waals surface area (Å²) >= 11 is 6.66. The summed E-state index contributed by atoms with van der Waals surface area (Å²) in [5, 5.41) is 6.14. The van der Waals surface area contributed by atoms with Crippen LogP contribution in [0.25, 0.3) is 0 Å². The monoisotopic (exact) mass is 263 g/mol. The van der Waals surface area contributed by atoms with Gasteiger partial charge in [0.2, 0.25) is 0 Å². The van der Waals surface area contributed by atoms with Gasteiger partial charge in [-0.1, -0.05) is 11.6 Å². The molecule has 0 radical (unpaired) electrons. The molecule has 5 nitrogen and oxygen atoms in total. The van der Waals surface area contributed by atoms with E-state index in [0.29, 0.717) is 10.0 Å². The van der Waals surface area contributed by atoms with Crippen LogP contribution < -0.4 is 4.72 Å². The summed E-state index contributed by atoms with van der Waals surface area (Å²) in [6.07, 6.45) is 2.83. The number of nitrogens with zero attached hydrogens (tertiary/aromatic N) is 1. The Labute approximate surface area is 95.1 Å². The van der Waals surface area contributed by atoms with Gasteiger partial charge in [0.25, 0.3) is 10.0 Å². The molecular formula is C7H6ClN3O2S2. The molecule has 2 rings (SSSR count). The number of sulfonamides is 1. The zero-order valence-electron chi connectivity index (χ0n) is 7.27. The minimum atomic E-state index is -3.54. The first-order valence-electron chi connectivity index (χ1n) is 3.85. The molecular weight excluding hydrogens is 258 g/mol. The average Bonchev–Trinajstić information content (AvgIpc) is 2.75. The van der Waals surface area contributed by atoms with Gasteiger partial charge in [-0.15, -0.1) is 11.3 Å². The van der Waals surface area contributed by atoms with Gasteiger partial charge in [-0.3, -0.25) is 9.82 Å². The van der Waals surface area contributed by atoms with Crippen molar-refractivity contribution in [3.63, 3.8) is 0 Å². The lowest BCUT2D eigenvalue weighted by molar-refractivity contribution is 0.603. The van der Waals surface area contributed by atoms with Crippen molar-refractivity contribution >= 4 is 38.6 Å². The minimum Gasteiger partial charge on any atom is -0.284 e. The van der Waals surface area contributed by atoms with Crippen LogP contribution in [-0.4, -0.2) is 18.6 Å². The molecule has 0 fully saturated rings. The van der Waals surface area contributed by atoms with Crippen molar-refractivity contribution in [2.24, 2.45) is 0 Å². The molecule has 0 spiro atoms. The molecule has 0 unspecified atom stereocenters. The number of aromatic amines is 1. The number of anilines is 1. The minimum absolute atomic E-state index is 0.175. The Kier molecular flexibility index (Phi) is 2.68. The van der Waals surface area contributed by atoms with E-state index in [-0.39, 0.29) is 4.21 Å². The van der Waals surface area contributed by atoms with Gasteiger partial charge < -0.3 is 0 Å². The maximum atomic E-state index is 11.7. The second-order valence-electron chi connectivity index (χ2n) is 2.65. The van der Waals surface area contributed by atoms with Gasteiger partial charge in [-0.05, 0) is 12.1 Å². The Morgan fingerprint density at radius 2 is 2.27 bits per heavy atom. The molecule has 0 saturated heterocycles. The highest BCUT2D eigenvalue weighted by molar-refractivity contribution is 7.94. The number of H-pyrrole nitrogens is 1. The van der Waals surface area contributed by atoms with E-state index < -0.39 is 10.0 Å². The molecule has 0 atom stereocenters. The highest BCUT2D eigenvalue weighted by Crippen LogP contribution is 2.26. The molecule has 0 amide bonds. The van der Waals surface area contributed by atoms with Crippen molar-refractivity contribution < 1.29 is 8.42 Å². The van der Waals surface area contributed by atoms with E-state index >= 15 is 0 Å². The Morgan fingerprint density at radius 3 is 2.80 bits per heavy atom. The van der Waals surface area contributed by atoms with Crippen LogP contribution in [0.15, 0.2) is 28.7 Å². The molecule has 0 bridgehead atoms. The smallest absolute Gasteiger partial charge is 0.271 e. The second-order valence-corrected chi connectivity index (χ2v) is 6.28. The van der Waals surface area contributed by atoms with Crippen LogP contribution in [0, 0.1) is 0 Å². The predicted molar refractivity (Wildman–Crippen MR) is 58.7 cm³/mol. The van der Waals surface area contributed by atoms with E-state index in [1.807, 2.05) is 0 Å². The van der Waals surface area contributed by atoms with Crippen LogP contribution in [-0.2, 0) is 10.0 Å². The van der Waals surface area contributed by atoms with Crippen LogP contribution in [0.2, 0.25) is 4.34 Å². The number of rotatable bonds is 3. The van der Waals surface area contributed by atoms with Crippen LogP contribution >= 0.6 is 22.9 Å². The van der Waals surface area contributed by atoms with Gasteiger partial charge in [0, 0.05) is 6.20 Å². The topological polar surface area (TPSA) is 74.8 Å². The second kappa shape index (κ2) is 3.84. The van der Waals surface area contributed by atoms with E-state index in [0.717, 1.165) is 11.3 Å². The van der Waals surface area contributed by atoms with Gasteiger partial charge in [0.15, 0.2) is 0 Å². The lowest BCUT2D eigenvalue weighted by Crippen LogP contribution is -2.10. The van der Waals surface area contributed by atoms with Crippen LogP contribution in [0.5, 0.6) is 0 Å². The Balaban J connectivity index is 2.28. The molecule has 2 heterocycles. The third-order valence-corrected chi connectivity index (χ3v) is 4.67. The predicted octanol–water partition coefficient (Wildman–Crippen LogP) is 1.93. The molecule has 2 aromatic heterocycles. The molecule has 80 valence electrons. The number of nitrogens with one attached hydrogen (secondary N) is 2. The molecule has 0 aliphatic rings. The van der Waals surface area contributed by atoms with Crippen LogP contribution in [0.1, 0.15) is 0 Å². The zero-order valence-corrected chi connectivity index (χ0v) is 9.66. The first kappa shape index (κ1) is 10.5. The van der Waals surface area contributed by atoms with Crippen LogP contribution in [0.3, 0.4) is 0 Å². The van der Waals surface area contributed by atoms with E-state index in [4.69, 9.17) is 11.6 Å². The van der Waals surface area contributed by atoms with Gasteiger partial charge in [-0.25, -0.2) is 8.42 Å². The molecule has 0 saturated carbocycles. The van der Waals surface area contributed by atoms with Crippen molar-refractivity contribution in [2.45, 2.75) is 4.21 Å². The quantitative estimate of drug-likeness (QED) is 0.888. The Bertz CT molecular complexity index is 547. The number of aromatic nitrogens is 2. The molecule has 8 heteroatoms. The van der Waals surface area contributed by atoms with Crippen molar-refractivity contribution in [3.05, 3.63) is 28.9 Å². The van der Waals surface area contributed by atoms with Gasteiger partial charge >= 0.3 is 0 Å². The first-order valence-corrected chi connectivity index (χ1v) is 6.52. The van der Waals surface area contributed by atoms with E-state index in [1.54, 1.807) is 0 Å². The Morgan fingerprint density at radius 1 is 1.47 bits per heavy atom. The van der Waals surface area contributed by atoms with Crippen molar-refractivity contribution in [1.82, 2.24) is 10.2 Å². The third kappa shape index (κ3) is 2.31.